The van der Waals surface area contributed by atoms with E-state index < -0.39 is 6.29 Å². The van der Waals surface area contributed by atoms with Crippen molar-refractivity contribution >= 4 is 22.7 Å². The van der Waals surface area contributed by atoms with Crippen molar-refractivity contribution in [1.29, 1.82) is 0 Å². The van der Waals surface area contributed by atoms with Gasteiger partial charge in [-0.25, -0.2) is 0 Å². The van der Waals surface area contributed by atoms with E-state index in [0.29, 0.717) is 12.3 Å². The largest absolute Gasteiger partial charge is 0.497 e. The quantitative estimate of drug-likeness (QED) is 0.506. The summed E-state index contributed by atoms with van der Waals surface area (Å²) in [5, 5.41) is 16.5. The monoisotopic (exact) mass is 365 g/mol. The maximum atomic E-state index is 9.79. The number of pyridine rings is 1. The van der Waals surface area contributed by atoms with Crippen molar-refractivity contribution in [1.82, 2.24) is 4.98 Å². The molecule has 140 valence electrons. The third-order valence-corrected chi connectivity index (χ3v) is 3.87. The molecule has 6 nitrogen and oxygen atoms in total. The Hall–Kier alpha value is -3.09. The Morgan fingerprint density at radius 1 is 0.926 bits per heavy atom. The zero-order valence-electron chi connectivity index (χ0n) is 15.3. The second kappa shape index (κ2) is 9.02. The number of aliphatic hydroxyl groups is 1. The summed E-state index contributed by atoms with van der Waals surface area (Å²) in [6.07, 6.45) is 0.666. The Balaban J connectivity index is 1.68. The van der Waals surface area contributed by atoms with Crippen LogP contribution in [0.2, 0.25) is 0 Å². The van der Waals surface area contributed by atoms with Crippen LogP contribution in [-0.4, -0.2) is 23.8 Å². The lowest BCUT2D eigenvalue weighted by Crippen LogP contribution is -2.05. The van der Waals surface area contributed by atoms with Crippen LogP contribution in [0.25, 0.3) is 0 Å². The predicted octanol–water partition coefficient (Wildman–Crippen LogP) is 4.60. The highest BCUT2D eigenvalue weighted by atomic mass is 16.6. The number of anilines is 4. The number of rotatable bonds is 8. The Kier molecular flexibility index (Phi) is 6.25. The first kappa shape index (κ1) is 18.7. The maximum Gasteiger partial charge on any atom is 0.198 e. The van der Waals surface area contributed by atoms with Gasteiger partial charge >= 0.3 is 0 Å². The van der Waals surface area contributed by atoms with Crippen LogP contribution in [0, 0.1) is 0 Å². The summed E-state index contributed by atoms with van der Waals surface area (Å²) in [5.41, 5.74) is 4.12. The fourth-order valence-corrected chi connectivity index (χ4v) is 2.58. The minimum Gasteiger partial charge on any atom is -0.497 e. The first-order valence-corrected chi connectivity index (χ1v) is 8.71. The van der Waals surface area contributed by atoms with Crippen LogP contribution < -0.4 is 15.4 Å². The van der Waals surface area contributed by atoms with Crippen LogP contribution in [0.3, 0.4) is 0 Å². The van der Waals surface area contributed by atoms with E-state index in [1.165, 1.54) is 0 Å². The molecule has 0 spiro atoms. The molecule has 1 heterocycles. The summed E-state index contributed by atoms with van der Waals surface area (Å²) in [4.78, 5) is 4.24. The molecule has 3 aromatic rings. The van der Waals surface area contributed by atoms with E-state index in [2.05, 4.69) is 15.6 Å². The van der Waals surface area contributed by atoms with Crippen molar-refractivity contribution in [2.75, 3.05) is 24.4 Å². The summed E-state index contributed by atoms with van der Waals surface area (Å²) in [6, 6.07) is 19.3. The van der Waals surface area contributed by atoms with Gasteiger partial charge in [0.25, 0.3) is 0 Å². The van der Waals surface area contributed by atoms with Crippen LogP contribution in [0.15, 0.2) is 66.9 Å². The van der Waals surface area contributed by atoms with Gasteiger partial charge in [0.1, 0.15) is 5.75 Å². The lowest BCUT2D eigenvalue weighted by molar-refractivity contribution is -0.101. The zero-order valence-corrected chi connectivity index (χ0v) is 15.3. The van der Waals surface area contributed by atoms with Crippen molar-refractivity contribution in [2.24, 2.45) is 0 Å². The number of benzene rings is 2. The standard InChI is InChI=1S/C21H23N3O3/c1-3-27-21(25)20-11-10-18(14-22-20)24-16-7-4-6-15(12-16)23-17-8-5-9-19(13-17)26-2/h4-14,21,23-25H,3H2,1-2H3. The van der Waals surface area contributed by atoms with Crippen LogP contribution in [-0.2, 0) is 4.74 Å². The van der Waals surface area contributed by atoms with Gasteiger partial charge in [0, 0.05) is 29.7 Å². The summed E-state index contributed by atoms with van der Waals surface area (Å²) in [7, 11) is 1.65. The number of ether oxygens (including phenoxy) is 2. The summed E-state index contributed by atoms with van der Waals surface area (Å²) in [6.45, 7) is 2.25. The van der Waals surface area contributed by atoms with Gasteiger partial charge in [-0.2, -0.15) is 0 Å². The Morgan fingerprint density at radius 2 is 1.59 bits per heavy atom. The minimum atomic E-state index is -1.00. The minimum absolute atomic E-state index is 0.427. The van der Waals surface area contributed by atoms with Gasteiger partial charge in [-0.05, 0) is 49.4 Å². The number of hydrogen-bond acceptors (Lipinski definition) is 6. The summed E-state index contributed by atoms with van der Waals surface area (Å²) >= 11 is 0. The highest BCUT2D eigenvalue weighted by molar-refractivity contribution is 5.68. The van der Waals surface area contributed by atoms with Crippen LogP contribution in [0.5, 0.6) is 5.75 Å². The van der Waals surface area contributed by atoms with Crippen molar-refractivity contribution in [2.45, 2.75) is 13.2 Å². The molecule has 0 radical (unpaired) electrons. The van der Waals surface area contributed by atoms with Crippen LogP contribution >= 0.6 is 0 Å². The molecule has 0 fully saturated rings. The van der Waals surface area contributed by atoms with Crippen molar-refractivity contribution in [3.05, 3.63) is 72.6 Å². The topological polar surface area (TPSA) is 75.6 Å². The number of nitrogens with one attached hydrogen (secondary N) is 2. The van der Waals surface area contributed by atoms with E-state index in [1.807, 2.05) is 61.5 Å². The fourth-order valence-electron chi connectivity index (χ4n) is 2.58. The number of aliphatic hydroxyl groups excluding tert-OH is 1. The second-order valence-electron chi connectivity index (χ2n) is 5.84. The highest BCUT2D eigenvalue weighted by Gasteiger charge is 2.08. The molecule has 1 aromatic heterocycles. The fraction of sp³-hybridized carbons (Fsp3) is 0.190. The van der Waals surface area contributed by atoms with E-state index in [9.17, 15) is 5.11 Å². The third kappa shape index (κ3) is 5.20. The molecule has 3 N–H and O–H groups in total. The van der Waals surface area contributed by atoms with Gasteiger partial charge in [-0.15, -0.1) is 0 Å². The Bertz CT molecular complexity index is 869. The van der Waals surface area contributed by atoms with Gasteiger partial charge in [0.2, 0.25) is 0 Å². The van der Waals surface area contributed by atoms with Crippen LogP contribution in [0.1, 0.15) is 18.9 Å². The molecule has 0 saturated carbocycles. The molecule has 2 aromatic carbocycles. The first-order chi connectivity index (χ1) is 13.2. The predicted molar refractivity (Wildman–Crippen MR) is 107 cm³/mol. The molecule has 0 bridgehead atoms. The molecular formula is C21H23N3O3. The van der Waals surface area contributed by atoms with E-state index in [4.69, 9.17) is 9.47 Å². The Labute approximate surface area is 158 Å². The normalized spacial score (nSPS) is 11.7. The zero-order chi connectivity index (χ0) is 19.1. The maximum absolute atomic E-state index is 9.79. The van der Waals surface area contributed by atoms with E-state index in [1.54, 1.807) is 19.4 Å². The molecule has 1 atom stereocenters. The molecule has 0 saturated heterocycles. The van der Waals surface area contributed by atoms with Crippen LogP contribution in [0.4, 0.5) is 22.7 Å². The smallest absolute Gasteiger partial charge is 0.198 e. The average Bonchev–Trinajstić information content (AvgIpc) is 2.69. The third-order valence-electron chi connectivity index (χ3n) is 3.87. The number of methoxy groups -OCH3 is 1. The lowest BCUT2D eigenvalue weighted by atomic mass is 10.2. The van der Waals surface area contributed by atoms with E-state index in [-0.39, 0.29) is 0 Å². The highest BCUT2D eigenvalue weighted by Crippen LogP contribution is 2.25. The molecule has 3 rings (SSSR count). The molecule has 0 aliphatic carbocycles. The first-order valence-electron chi connectivity index (χ1n) is 8.71. The molecule has 0 aliphatic rings. The average molecular weight is 365 g/mol. The van der Waals surface area contributed by atoms with Crippen molar-refractivity contribution < 1.29 is 14.6 Å². The molecule has 0 amide bonds. The second-order valence-corrected chi connectivity index (χ2v) is 5.84. The summed E-state index contributed by atoms with van der Waals surface area (Å²) < 4.78 is 10.4. The van der Waals surface area contributed by atoms with E-state index >= 15 is 0 Å². The number of aromatic nitrogens is 1. The van der Waals surface area contributed by atoms with Gasteiger partial charge < -0.3 is 25.2 Å². The van der Waals surface area contributed by atoms with Gasteiger partial charge in [0.05, 0.1) is 24.7 Å². The van der Waals surface area contributed by atoms with Gasteiger partial charge in [-0.1, -0.05) is 12.1 Å². The van der Waals surface area contributed by atoms with E-state index in [0.717, 1.165) is 28.5 Å². The van der Waals surface area contributed by atoms with Crippen molar-refractivity contribution in [3.63, 3.8) is 0 Å². The molecule has 6 heteroatoms. The number of nitrogens with zero attached hydrogens (tertiary/aromatic N) is 1. The lowest BCUT2D eigenvalue weighted by Gasteiger charge is -2.12. The van der Waals surface area contributed by atoms with Gasteiger partial charge in [0.15, 0.2) is 6.29 Å². The number of hydrogen-bond donors (Lipinski definition) is 3. The Morgan fingerprint density at radius 3 is 2.22 bits per heavy atom. The van der Waals surface area contributed by atoms with Gasteiger partial charge in [-0.3, -0.25) is 4.98 Å². The van der Waals surface area contributed by atoms with Crippen molar-refractivity contribution in [3.8, 4) is 5.75 Å². The molecule has 0 aliphatic heterocycles. The summed E-state index contributed by atoms with van der Waals surface area (Å²) in [5.74, 6) is 0.801. The SMILES string of the molecule is CCOC(O)c1ccc(Nc2cccc(Nc3cccc(OC)c3)c2)cn1. The molecule has 27 heavy (non-hydrogen) atoms. The molecular weight excluding hydrogens is 342 g/mol. The molecule has 1 unspecified atom stereocenters.